The van der Waals surface area contributed by atoms with Gasteiger partial charge in [0.05, 0.1) is 10.5 Å². The molecule has 3 rings (SSSR count). The molecule has 1 amide bonds. The van der Waals surface area contributed by atoms with Crippen LogP contribution in [-0.2, 0) is 4.79 Å². The average Bonchev–Trinajstić information content (AvgIpc) is 2.87. The lowest BCUT2D eigenvalue weighted by atomic mass is 10.2. The van der Waals surface area contributed by atoms with Crippen molar-refractivity contribution >= 4 is 62.2 Å². The number of nitrogens with one attached hydrogen (secondary N) is 1. The van der Waals surface area contributed by atoms with Crippen LogP contribution >= 0.6 is 39.9 Å². The first-order valence-corrected chi connectivity index (χ1v) is 8.86. The molecule has 120 valence electrons. The summed E-state index contributed by atoms with van der Waals surface area (Å²) in [6.45, 7) is 0. The van der Waals surface area contributed by atoms with Crippen LogP contribution < -0.4 is 10.1 Å². The number of esters is 1. The maximum atomic E-state index is 12.1. The van der Waals surface area contributed by atoms with Crippen LogP contribution in [0.5, 0.6) is 5.75 Å². The Morgan fingerprint density at radius 3 is 2.50 bits per heavy atom. The summed E-state index contributed by atoms with van der Waals surface area (Å²) in [6, 6.07) is 14.0. The van der Waals surface area contributed by atoms with Crippen molar-refractivity contribution in [2.24, 2.45) is 0 Å². The van der Waals surface area contributed by atoms with Gasteiger partial charge >= 0.3 is 5.97 Å². The van der Waals surface area contributed by atoms with Crippen molar-refractivity contribution in [1.29, 1.82) is 0 Å². The smallest absolute Gasteiger partial charge is 0.344 e. The summed E-state index contributed by atoms with van der Waals surface area (Å²) in [4.78, 5) is 24.3. The normalized spacial score (nSPS) is 15.5. The number of thiocarbonyl (C=S) groups is 1. The van der Waals surface area contributed by atoms with Gasteiger partial charge in [0, 0.05) is 4.47 Å². The molecule has 0 radical (unpaired) electrons. The number of benzene rings is 2. The molecular formula is C17H10BrNO3S2. The highest BCUT2D eigenvalue weighted by Crippen LogP contribution is 2.26. The van der Waals surface area contributed by atoms with E-state index in [1.807, 2.05) is 6.07 Å². The minimum Gasteiger partial charge on any atom is -0.423 e. The van der Waals surface area contributed by atoms with Crippen LogP contribution in [-0.4, -0.2) is 16.2 Å². The largest absolute Gasteiger partial charge is 0.423 e. The summed E-state index contributed by atoms with van der Waals surface area (Å²) in [5.74, 6) is -0.212. The van der Waals surface area contributed by atoms with E-state index in [2.05, 4.69) is 21.2 Å². The minimum atomic E-state index is -0.440. The van der Waals surface area contributed by atoms with Crippen molar-refractivity contribution in [3.8, 4) is 5.75 Å². The van der Waals surface area contributed by atoms with Gasteiger partial charge in [0.15, 0.2) is 0 Å². The molecule has 1 aliphatic heterocycles. The van der Waals surface area contributed by atoms with Gasteiger partial charge in [0.2, 0.25) is 0 Å². The number of carbonyl (C=O) groups is 2. The van der Waals surface area contributed by atoms with Crippen molar-refractivity contribution in [2.45, 2.75) is 0 Å². The second-order valence-electron chi connectivity index (χ2n) is 4.79. The Balaban J connectivity index is 1.72. The second kappa shape index (κ2) is 7.29. The zero-order chi connectivity index (χ0) is 17.1. The van der Waals surface area contributed by atoms with Crippen LogP contribution in [0.3, 0.4) is 0 Å². The first kappa shape index (κ1) is 16.9. The van der Waals surface area contributed by atoms with Crippen molar-refractivity contribution < 1.29 is 14.3 Å². The number of ether oxygens (including phenoxy) is 1. The summed E-state index contributed by atoms with van der Waals surface area (Å²) in [6.07, 6.45) is 1.73. The van der Waals surface area contributed by atoms with Gasteiger partial charge in [-0.15, -0.1) is 0 Å². The molecule has 2 aromatic carbocycles. The van der Waals surface area contributed by atoms with E-state index < -0.39 is 5.97 Å². The van der Waals surface area contributed by atoms with Gasteiger partial charge < -0.3 is 10.1 Å². The number of hydrogen-bond donors (Lipinski definition) is 1. The van der Waals surface area contributed by atoms with Crippen LogP contribution in [0.2, 0.25) is 0 Å². The molecule has 0 bridgehead atoms. The highest BCUT2D eigenvalue weighted by Gasteiger charge is 2.21. The molecule has 24 heavy (non-hydrogen) atoms. The number of amides is 1. The molecule has 2 aromatic rings. The SMILES string of the molecule is O=C1NC(=S)S/C1=C\c1ccc(OC(=O)c2ccccc2Br)cc1. The summed E-state index contributed by atoms with van der Waals surface area (Å²) >= 11 is 9.49. The van der Waals surface area contributed by atoms with Crippen LogP contribution in [0.15, 0.2) is 57.9 Å². The maximum absolute atomic E-state index is 12.1. The van der Waals surface area contributed by atoms with Crippen LogP contribution in [0.1, 0.15) is 15.9 Å². The fourth-order valence-electron chi connectivity index (χ4n) is 1.99. The van der Waals surface area contributed by atoms with Crippen molar-refractivity contribution in [3.63, 3.8) is 0 Å². The van der Waals surface area contributed by atoms with E-state index in [9.17, 15) is 9.59 Å². The Bertz CT molecular complexity index is 862. The number of halogens is 1. The molecule has 0 aliphatic carbocycles. The minimum absolute atomic E-state index is 0.200. The van der Waals surface area contributed by atoms with E-state index in [-0.39, 0.29) is 5.91 Å². The Morgan fingerprint density at radius 1 is 1.17 bits per heavy atom. The third kappa shape index (κ3) is 3.92. The third-order valence-corrected chi connectivity index (χ3v) is 4.98. The lowest BCUT2D eigenvalue weighted by Gasteiger charge is -2.06. The van der Waals surface area contributed by atoms with Gasteiger partial charge in [-0.3, -0.25) is 4.79 Å². The second-order valence-corrected chi connectivity index (χ2v) is 7.36. The molecule has 1 heterocycles. The molecule has 0 unspecified atom stereocenters. The molecule has 0 atom stereocenters. The highest BCUT2D eigenvalue weighted by atomic mass is 79.9. The van der Waals surface area contributed by atoms with Gasteiger partial charge in [0.25, 0.3) is 5.91 Å². The quantitative estimate of drug-likeness (QED) is 0.350. The van der Waals surface area contributed by atoms with Crippen molar-refractivity contribution in [2.75, 3.05) is 0 Å². The van der Waals surface area contributed by atoms with Crippen LogP contribution in [0.25, 0.3) is 6.08 Å². The first-order chi connectivity index (χ1) is 11.5. The maximum Gasteiger partial charge on any atom is 0.344 e. The monoisotopic (exact) mass is 419 g/mol. The summed E-state index contributed by atoms with van der Waals surface area (Å²) in [5.41, 5.74) is 1.27. The molecular weight excluding hydrogens is 410 g/mol. The lowest BCUT2D eigenvalue weighted by molar-refractivity contribution is -0.115. The fraction of sp³-hybridized carbons (Fsp3) is 0. The Morgan fingerprint density at radius 2 is 1.88 bits per heavy atom. The Hall–Kier alpha value is -1.96. The van der Waals surface area contributed by atoms with Crippen LogP contribution in [0.4, 0.5) is 0 Å². The number of hydrogen-bond acceptors (Lipinski definition) is 5. The van der Waals surface area contributed by atoms with Gasteiger partial charge in [-0.1, -0.05) is 48.2 Å². The predicted molar refractivity (Wildman–Crippen MR) is 102 cm³/mol. The molecule has 1 saturated heterocycles. The lowest BCUT2D eigenvalue weighted by Crippen LogP contribution is -2.17. The van der Waals surface area contributed by atoms with E-state index in [4.69, 9.17) is 17.0 Å². The van der Waals surface area contributed by atoms with E-state index in [1.54, 1.807) is 48.5 Å². The molecule has 4 nitrogen and oxygen atoms in total. The van der Waals surface area contributed by atoms with Gasteiger partial charge in [0.1, 0.15) is 10.1 Å². The Kier molecular flexibility index (Phi) is 5.13. The van der Waals surface area contributed by atoms with Crippen LogP contribution in [0, 0.1) is 0 Å². The number of carbonyl (C=O) groups excluding carboxylic acids is 2. The van der Waals surface area contributed by atoms with Gasteiger partial charge in [-0.2, -0.15) is 0 Å². The summed E-state index contributed by atoms with van der Waals surface area (Å²) in [7, 11) is 0. The van der Waals surface area contributed by atoms with E-state index in [1.165, 1.54) is 11.8 Å². The van der Waals surface area contributed by atoms with E-state index >= 15 is 0 Å². The standard InChI is InChI=1S/C17H10BrNO3S2/c18-13-4-2-1-3-12(13)16(21)22-11-7-5-10(6-8-11)9-14-15(20)19-17(23)24-14/h1-9H,(H,19,20,23)/b14-9-. The van der Waals surface area contributed by atoms with Gasteiger partial charge in [-0.05, 0) is 51.8 Å². The molecule has 1 fully saturated rings. The summed E-state index contributed by atoms with van der Waals surface area (Å²) < 4.78 is 6.48. The highest BCUT2D eigenvalue weighted by molar-refractivity contribution is 9.10. The molecule has 0 spiro atoms. The zero-order valence-electron chi connectivity index (χ0n) is 12.1. The average molecular weight is 420 g/mol. The predicted octanol–water partition coefficient (Wildman–Crippen LogP) is 4.16. The molecule has 1 aliphatic rings. The molecule has 7 heteroatoms. The fourth-order valence-corrected chi connectivity index (χ4v) is 3.48. The van der Waals surface area contributed by atoms with Gasteiger partial charge in [-0.25, -0.2) is 4.79 Å². The zero-order valence-corrected chi connectivity index (χ0v) is 15.3. The van der Waals surface area contributed by atoms with E-state index in [0.717, 1.165) is 5.56 Å². The first-order valence-electron chi connectivity index (χ1n) is 6.84. The topological polar surface area (TPSA) is 55.4 Å². The van der Waals surface area contributed by atoms with Crippen molar-refractivity contribution in [1.82, 2.24) is 5.32 Å². The Labute approximate surface area is 156 Å². The van der Waals surface area contributed by atoms with E-state index in [0.29, 0.717) is 25.0 Å². The third-order valence-electron chi connectivity index (χ3n) is 3.12. The number of rotatable bonds is 3. The summed E-state index contributed by atoms with van der Waals surface area (Å²) in [5, 5.41) is 2.56. The molecule has 0 saturated carbocycles. The number of thioether (sulfide) groups is 1. The molecule has 0 aromatic heterocycles. The molecule has 1 N–H and O–H groups in total. The van der Waals surface area contributed by atoms with Crippen molar-refractivity contribution in [3.05, 3.63) is 69.0 Å².